The van der Waals surface area contributed by atoms with Crippen LogP contribution in [0.3, 0.4) is 0 Å². The molecule has 6 nitrogen and oxygen atoms in total. The van der Waals surface area contributed by atoms with E-state index in [1.54, 1.807) is 12.1 Å². The molecule has 0 bridgehead atoms. The molecule has 0 spiro atoms. The molecule has 2 heterocycles. The van der Waals surface area contributed by atoms with Gasteiger partial charge < -0.3 is 14.7 Å². The fraction of sp³-hybridized carbons (Fsp3) is 0.250. The molecule has 2 aromatic carbocycles. The standard InChI is InChI=1S/C28H28N2O4/c1-18-8-7-10-20(16-18)24-23(25(31)19-12-14-29-15-13-19)26(32)27(33)30(24)17-21-9-5-6-11-22(21)34-28(2,3)4/h5-16,24,31H,17H2,1-4H3/b25-23+. The largest absolute Gasteiger partial charge is 0.507 e. The highest BCUT2D eigenvalue weighted by atomic mass is 16.5. The molecular weight excluding hydrogens is 428 g/mol. The quantitative estimate of drug-likeness (QED) is 0.325. The van der Waals surface area contributed by atoms with Gasteiger partial charge in [0.1, 0.15) is 17.1 Å². The zero-order valence-electron chi connectivity index (χ0n) is 19.8. The first-order chi connectivity index (χ1) is 16.2. The van der Waals surface area contributed by atoms with Gasteiger partial charge in [0.05, 0.1) is 18.2 Å². The van der Waals surface area contributed by atoms with Crippen molar-refractivity contribution in [3.8, 4) is 5.75 Å². The Hall–Kier alpha value is -3.93. The van der Waals surface area contributed by atoms with Crippen LogP contribution >= 0.6 is 0 Å². The van der Waals surface area contributed by atoms with Crippen LogP contribution < -0.4 is 4.74 Å². The molecule has 1 aliphatic heterocycles. The van der Waals surface area contributed by atoms with E-state index in [1.165, 1.54) is 17.3 Å². The highest BCUT2D eigenvalue weighted by Crippen LogP contribution is 2.41. The van der Waals surface area contributed by atoms with Gasteiger partial charge in [-0.2, -0.15) is 0 Å². The maximum Gasteiger partial charge on any atom is 0.295 e. The number of benzene rings is 2. The Morgan fingerprint density at radius 1 is 1.03 bits per heavy atom. The van der Waals surface area contributed by atoms with Gasteiger partial charge >= 0.3 is 0 Å². The number of Topliss-reactive ketones (excluding diaryl/α,β-unsaturated/α-hetero) is 1. The number of carbonyl (C=O) groups is 2. The van der Waals surface area contributed by atoms with Gasteiger partial charge in [0.15, 0.2) is 0 Å². The highest BCUT2D eigenvalue weighted by molar-refractivity contribution is 6.46. The number of rotatable bonds is 5. The van der Waals surface area contributed by atoms with Gasteiger partial charge in [0, 0.05) is 23.5 Å². The van der Waals surface area contributed by atoms with E-state index in [-0.39, 0.29) is 17.9 Å². The number of aliphatic hydroxyl groups excluding tert-OH is 1. The number of aromatic nitrogens is 1. The number of aryl methyl sites for hydroxylation is 1. The summed E-state index contributed by atoms with van der Waals surface area (Å²) in [6.07, 6.45) is 3.07. The van der Waals surface area contributed by atoms with Gasteiger partial charge in [-0.15, -0.1) is 0 Å². The van der Waals surface area contributed by atoms with Gasteiger partial charge in [0.2, 0.25) is 0 Å². The van der Waals surface area contributed by atoms with Gasteiger partial charge in [-0.1, -0.05) is 48.0 Å². The summed E-state index contributed by atoms with van der Waals surface area (Å²) < 4.78 is 6.12. The molecule has 0 radical (unpaired) electrons. The number of hydrogen-bond donors (Lipinski definition) is 1. The van der Waals surface area contributed by atoms with Crippen molar-refractivity contribution in [2.75, 3.05) is 0 Å². The van der Waals surface area contributed by atoms with Crippen LogP contribution in [-0.4, -0.2) is 32.3 Å². The summed E-state index contributed by atoms with van der Waals surface area (Å²) in [5, 5.41) is 11.1. The number of ether oxygens (including phenoxy) is 1. The number of pyridine rings is 1. The maximum absolute atomic E-state index is 13.3. The molecule has 1 atom stereocenters. The normalized spacial score (nSPS) is 17.8. The monoisotopic (exact) mass is 456 g/mol. The van der Waals surface area contributed by atoms with E-state index < -0.39 is 23.3 Å². The van der Waals surface area contributed by atoms with E-state index in [4.69, 9.17) is 4.74 Å². The molecule has 1 aromatic heterocycles. The molecule has 1 amide bonds. The summed E-state index contributed by atoms with van der Waals surface area (Å²) >= 11 is 0. The summed E-state index contributed by atoms with van der Waals surface area (Å²) in [5.41, 5.74) is 2.59. The average molecular weight is 457 g/mol. The third-order valence-electron chi connectivity index (χ3n) is 5.58. The number of aliphatic hydroxyl groups is 1. The summed E-state index contributed by atoms with van der Waals surface area (Å²) in [6.45, 7) is 7.97. The molecule has 1 N–H and O–H groups in total. The number of nitrogens with zero attached hydrogens (tertiary/aromatic N) is 2. The van der Waals surface area contributed by atoms with Crippen LogP contribution in [0, 0.1) is 6.92 Å². The Morgan fingerprint density at radius 2 is 1.74 bits per heavy atom. The molecule has 1 saturated heterocycles. The first kappa shape index (κ1) is 23.2. The van der Waals surface area contributed by atoms with Crippen LogP contribution in [0.5, 0.6) is 5.75 Å². The number of para-hydroxylation sites is 1. The lowest BCUT2D eigenvalue weighted by Crippen LogP contribution is -2.30. The fourth-order valence-corrected chi connectivity index (χ4v) is 4.14. The van der Waals surface area contributed by atoms with Crippen LogP contribution in [0.4, 0.5) is 0 Å². The fourth-order valence-electron chi connectivity index (χ4n) is 4.14. The summed E-state index contributed by atoms with van der Waals surface area (Å²) in [4.78, 5) is 32.0. The van der Waals surface area contributed by atoms with Gasteiger partial charge in [-0.05, 0) is 51.5 Å². The third-order valence-corrected chi connectivity index (χ3v) is 5.58. The molecule has 1 fully saturated rings. The number of hydrogen-bond acceptors (Lipinski definition) is 5. The molecule has 0 saturated carbocycles. The van der Waals surface area contributed by atoms with Crippen molar-refractivity contribution in [2.45, 2.75) is 45.9 Å². The van der Waals surface area contributed by atoms with Gasteiger partial charge in [-0.25, -0.2) is 0 Å². The topological polar surface area (TPSA) is 79.7 Å². The van der Waals surface area contributed by atoms with Crippen LogP contribution in [0.25, 0.3) is 5.76 Å². The van der Waals surface area contributed by atoms with E-state index in [9.17, 15) is 14.7 Å². The molecular formula is C28H28N2O4. The maximum atomic E-state index is 13.3. The van der Waals surface area contributed by atoms with Crippen LogP contribution in [0.1, 0.15) is 49.1 Å². The molecule has 3 aromatic rings. The Labute approximate surface area is 199 Å². The zero-order valence-corrected chi connectivity index (χ0v) is 19.8. The van der Waals surface area contributed by atoms with Gasteiger partial charge in [-0.3, -0.25) is 14.6 Å². The van der Waals surface area contributed by atoms with E-state index in [1.807, 2.05) is 76.2 Å². The van der Waals surface area contributed by atoms with E-state index in [2.05, 4.69) is 4.98 Å². The first-order valence-corrected chi connectivity index (χ1v) is 11.2. The summed E-state index contributed by atoms with van der Waals surface area (Å²) in [7, 11) is 0. The second-order valence-corrected chi connectivity index (χ2v) is 9.40. The minimum absolute atomic E-state index is 0.0658. The van der Waals surface area contributed by atoms with Crippen LogP contribution in [-0.2, 0) is 16.1 Å². The Balaban J connectivity index is 1.84. The molecule has 34 heavy (non-hydrogen) atoms. The molecule has 1 aliphatic rings. The molecule has 4 rings (SSSR count). The van der Waals surface area contributed by atoms with Crippen molar-refractivity contribution in [3.63, 3.8) is 0 Å². The lowest BCUT2D eigenvalue weighted by molar-refractivity contribution is -0.140. The third kappa shape index (κ3) is 4.71. The second kappa shape index (κ2) is 9.14. The lowest BCUT2D eigenvalue weighted by atomic mass is 9.94. The second-order valence-electron chi connectivity index (χ2n) is 9.40. The van der Waals surface area contributed by atoms with Crippen molar-refractivity contribution in [3.05, 3.63) is 101 Å². The average Bonchev–Trinajstić information content (AvgIpc) is 3.04. The minimum atomic E-state index is -0.740. The number of ketones is 1. The summed E-state index contributed by atoms with van der Waals surface area (Å²) in [5.74, 6) is -0.939. The predicted molar refractivity (Wildman–Crippen MR) is 130 cm³/mol. The molecule has 0 aliphatic carbocycles. The van der Waals surface area contributed by atoms with E-state index >= 15 is 0 Å². The van der Waals surface area contributed by atoms with Gasteiger partial charge in [0.25, 0.3) is 11.7 Å². The number of likely N-dealkylation sites (tertiary alicyclic amines) is 1. The van der Waals surface area contributed by atoms with Crippen molar-refractivity contribution >= 4 is 17.4 Å². The molecule has 174 valence electrons. The zero-order chi connectivity index (χ0) is 24.5. The Kier molecular flexibility index (Phi) is 6.24. The predicted octanol–water partition coefficient (Wildman–Crippen LogP) is 5.19. The van der Waals surface area contributed by atoms with Crippen molar-refractivity contribution in [1.82, 2.24) is 9.88 Å². The van der Waals surface area contributed by atoms with Crippen LogP contribution in [0.2, 0.25) is 0 Å². The SMILES string of the molecule is Cc1cccc(C2/C(=C(\O)c3ccncc3)C(=O)C(=O)N2Cc2ccccc2OC(C)(C)C)c1. The first-order valence-electron chi connectivity index (χ1n) is 11.2. The number of carbonyl (C=O) groups excluding carboxylic acids is 2. The Bertz CT molecular complexity index is 1260. The molecule has 1 unspecified atom stereocenters. The lowest BCUT2D eigenvalue weighted by Gasteiger charge is -2.28. The van der Waals surface area contributed by atoms with Crippen molar-refractivity contribution in [2.24, 2.45) is 0 Å². The highest BCUT2D eigenvalue weighted by Gasteiger charge is 2.46. The van der Waals surface area contributed by atoms with Crippen molar-refractivity contribution < 1.29 is 19.4 Å². The smallest absolute Gasteiger partial charge is 0.295 e. The van der Waals surface area contributed by atoms with E-state index in [0.717, 1.165) is 16.7 Å². The summed E-state index contributed by atoms with van der Waals surface area (Å²) in [6, 6.07) is 17.6. The van der Waals surface area contributed by atoms with Crippen LogP contribution in [0.15, 0.2) is 78.6 Å². The molecule has 6 heteroatoms. The number of amides is 1. The van der Waals surface area contributed by atoms with Crippen molar-refractivity contribution in [1.29, 1.82) is 0 Å². The van der Waals surface area contributed by atoms with E-state index in [0.29, 0.717) is 11.3 Å². The minimum Gasteiger partial charge on any atom is -0.507 e. The Morgan fingerprint density at radius 3 is 2.41 bits per heavy atom.